The van der Waals surface area contributed by atoms with Crippen molar-refractivity contribution in [1.29, 1.82) is 0 Å². The number of benzene rings is 1. The average Bonchev–Trinajstić information content (AvgIpc) is 2.64. The van der Waals surface area contributed by atoms with E-state index in [9.17, 15) is 13.2 Å². The number of hydrogen-bond donors (Lipinski definition) is 2. The van der Waals surface area contributed by atoms with Crippen LogP contribution in [0.15, 0.2) is 35.7 Å². The predicted octanol–water partition coefficient (Wildman–Crippen LogP) is 3.39. The summed E-state index contributed by atoms with van der Waals surface area (Å²) in [6.45, 7) is 2.71. The molecule has 0 aliphatic heterocycles. The molecule has 0 aliphatic rings. The number of thioether (sulfide) groups is 1. The van der Waals surface area contributed by atoms with Gasteiger partial charge in [-0.1, -0.05) is 56.5 Å². The van der Waals surface area contributed by atoms with Gasteiger partial charge in [-0.3, -0.25) is 4.79 Å². The van der Waals surface area contributed by atoms with Crippen molar-refractivity contribution in [3.63, 3.8) is 0 Å². The lowest BCUT2D eigenvalue weighted by atomic mass is 10.2. The SMILES string of the molecule is CCCCCCNC(=O)C(CCSC)NS(=O)(=O)/C=C/c1ccccc1. The van der Waals surface area contributed by atoms with Gasteiger partial charge in [-0.2, -0.15) is 16.5 Å². The molecule has 0 radical (unpaired) electrons. The molecule has 0 aromatic heterocycles. The number of carbonyl (C=O) groups excluding carboxylic acids is 1. The molecule has 1 aromatic carbocycles. The van der Waals surface area contributed by atoms with Gasteiger partial charge in [0.05, 0.1) is 0 Å². The second-order valence-electron chi connectivity index (χ2n) is 6.06. The summed E-state index contributed by atoms with van der Waals surface area (Å²) in [5.41, 5.74) is 0.791. The highest BCUT2D eigenvalue weighted by Gasteiger charge is 2.22. The third-order valence-corrected chi connectivity index (χ3v) is 5.55. The summed E-state index contributed by atoms with van der Waals surface area (Å²) < 4.78 is 27.1. The largest absolute Gasteiger partial charge is 0.355 e. The lowest BCUT2D eigenvalue weighted by Gasteiger charge is -2.17. The van der Waals surface area contributed by atoms with Crippen LogP contribution in [0.2, 0.25) is 0 Å². The van der Waals surface area contributed by atoms with Crippen LogP contribution in [-0.2, 0) is 14.8 Å². The summed E-state index contributed by atoms with van der Waals surface area (Å²) in [7, 11) is -3.69. The Hall–Kier alpha value is -1.31. The van der Waals surface area contributed by atoms with Crippen molar-refractivity contribution >= 4 is 33.8 Å². The Kier molecular flexibility index (Phi) is 11.3. The Bertz CT molecular complexity index is 646. The predicted molar refractivity (Wildman–Crippen MR) is 111 cm³/mol. The fourth-order valence-electron chi connectivity index (χ4n) is 2.34. The molecule has 7 heteroatoms. The van der Waals surface area contributed by atoms with Gasteiger partial charge < -0.3 is 5.32 Å². The molecule has 1 amide bonds. The fraction of sp³-hybridized carbons (Fsp3) is 0.526. The summed E-state index contributed by atoms with van der Waals surface area (Å²) in [6.07, 6.45) is 8.17. The zero-order chi connectivity index (χ0) is 19.3. The first-order valence-corrected chi connectivity index (χ1v) is 11.9. The molecule has 0 aliphatic carbocycles. The molecule has 0 bridgehead atoms. The van der Waals surface area contributed by atoms with Crippen molar-refractivity contribution in [2.45, 2.75) is 45.1 Å². The smallest absolute Gasteiger partial charge is 0.238 e. The normalized spacial score (nSPS) is 13.0. The molecular weight excluding hydrogens is 368 g/mol. The number of nitrogens with one attached hydrogen (secondary N) is 2. The summed E-state index contributed by atoms with van der Waals surface area (Å²) in [5.74, 6) is 0.450. The molecule has 0 fully saturated rings. The first-order chi connectivity index (χ1) is 12.5. The van der Waals surface area contributed by atoms with Crippen molar-refractivity contribution < 1.29 is 13.2 Å². The van der Waals surface area contributed by atoms with Crippen LogP contribution in [0.1, 0.15) is 44.6 Å². The van der Waals surface area contributed by atoms with E-state index in [2.05, 4.69) is 17.0 Å². The molecular formula is C19H30N2O3S2. The van der Waals surface area contributed by atoms with Gasteiger partial charge in [-0.15, -0.1) is 0 Å². The minimum Gasteiger partial charge on any atom is -0.355 e. The zero-order valence-electron chi connectivity index (χ0n) is 15.6. The van der Waals surface area contributed by atoms with Crippen LogP contribution >= 0.6 is 11.8 Å². The fourth-order valence-corrected chi connectivity index (χ4v) is 3.84. The molecule has 146 valence electrons. The maximum Gasteiger partial charge on any atom is 0.238 e. The Morgan fingerprint density at radius 2 is 1.92 bits per heavy atom. The van der Waals surface area contributed by atoms with E-state index in [1.807, 2.05) is 36.6 Å². The van der Waals surface area contributed by atoms with Gasteiger partial charge in [0.1, 0.15) is 6.04 Å². The molecule has 1 aromatic rings. The Morgan fingerprint density at radius 1 is 1.19 bits per heavy atom. The third-order valence-electron chi connectivity index (χ3n) is 3.80. The molecule has 5 nitrogen and oxygen atoms in total. The van der Waals surface area contributed by atoms with E-state index >= 15 is 0 Å². The van der Waals surface area contributed by atoms with Gasteiger partial charge >= 0.3 is 0 Å². The molecule has 2 N–H and O–H groups in total. The zero-order valence-corrected chi connectivity index (χ0v) is 17.2. The summed E-state index contributed by atoms with van der Waals surface area (Å²) in [4.78, 5) is 12.4. The first kappa shape index (κ1) is 22.7. The van der Waals surface area contributed by atoms with E-state index in [0.29, 0.717) is 18.7 Å². The van der Waals surface area contributed by atoms with E-state index in [4.69, 9.17) is 0 Å². The van der Waals surface area contributed by atoms with Crippen LogP contribution in [0.4, 0.5) is 0 Å². The molecule has 0 heterocycles. The molecule has 1 atom stereocenters. The van der Waals surface area contributed by atoms with Crippen molar-refractivity contribution in [3.05, 3.63) is 41.3 Å². The minimum absolute atomic E-state index is 0.257. The number of rotatable bonds is 13. The van der Waals surface area contributed by atoms with E-state index in [-0.39, 0.29) is 5.91 Å². The summed E-state index contributed by atoms with van der Waals surface area (Å²) >= 11 is 1.59. The quantitative estimate of drug-likeness (QED) is 0.500. The lowest BCUT2D eigenvalue weighted by molar-refractivity contribution is -0.122. The monoisotopic (exact) mass is 398 g/mol. The van der Waals surface area contributed by atoms with Crippen molar-refractivity contribution in [1.82, 2.24) is 10.0 Å². The van der Waals surface area contributed by atoms with E-state index in [1.165, 1.54) is 6.08 Å². The van der Waals surface area contributed by atoms with Crippen molar-refractivity contribution in [3.8, 4) is 0 Å². The Balaban J connectivity index is 2.63. The highest BCUT2D eigenvalue weighted by Crippen LogP contribution is 2.07. The topological polar surface area (TPSA) is 75.3 Å². The maximum atomic E-state index is 12.4. The van der Waals surface area contributed by atoms with Crippen molar-refractivity contribution in [2.24, 2.45) is 0 Å². The van der Waals surface area contributed by atoms with Crippen molar-refractivity contribution in [2.75, 3.05) is 18.6 Å². The van der Waals surface area contributed by atoms with Crippen LogP contribution in [0.3, 0.4) is 0 Å². The molecule has 0 spiro atoms. The second kappa shape index (κ2) is 12.9. The highest BCUT2D eigenvalue weighted by molar-refractivity contribution is 7.98. The van der Waals surface area contributed by atoms with E-state index in [0.717, 1.165) is 36.7 Å². The van der Waals surface area contributed by atoms with Crippen LogP contribution in [0.25, 0.3) is 6.08 Å². The van der Waals surface area contributed by atoms with Crippen LogP contribution in [0.5, 0.6) is 0 Å². The highest BCUT2D eigenvalue weighted by atomic mass is 32.2. The van der Waals surface area contributed by atoms with Gasteiger partial charge in [0, 0.05) is 12.0 Å². The van der Waals surface area contributed by atoms with Crippen LogP contribution in [-0.4, -0.2) is 38.9 Å². The Labute approximate surface area is 162 Å². The number of unbranched alkanes of at least 4 members (excludes halogenated alkanes) is 3. The maximum absolute atomic E-state index is 12.4. The van der Waals surface area contributed by atoms with Crippen LogP contribution < -0.4 is 10.0 Å². The van der Waals surface area contributed by atoms with Gasteiger partial charge in [0.15, 0.2) is 0 Å². The molecule has 0 saturated carbocycles. The molecule has 1 unspecified atom stereocenters. The summed E-state index contributed by atoms with van der Waals surface area (Å²) in [5, 5.41) is 3.96. The molecule has 26 heavy (non-hydrogen) atoms. The second-order valence-corrected chi connectivity index (χ2v) is 8.65. The van der Waals surface area contributed by atoms with Gasteiger partial charge in [-0.05, 0) is 36.5 Å². The van der Waals surface area contributed by atoms with Gasteiger partial charge in [0.25, 0.3) is 0 Å². The Morgan fingerprint density at radius 3 is 2.58 bits per heavy atom. The van der Waals surface area contributed by atoms with E-state index < -0.39 is 16.1 Å². The van der Waals surface area contributed by atoms with Crippen LogP contribution in [0, 0.1) is 0 Å². The standard InChI is InChI=1S/C19H30N2O3S2/c1-3-4-5-9-14-20-19(22)18(12-15-25-2)21-26(23,24)16-13-17-10-7-6-8-11-17/h6-8,10-11,13,16,18,21H,3-5,9,12,14-15H2,1-2H3,(H,20,22)/b16-13+. The summed E-state index contributed by atoms with van der Waals surface area (Å²) in [6, 6.07) is 8.44. The van der Waals surface area contributed by atoms with Gasteiger partial charge in [-0.25, -0.2) is 8.42 Å². The molecule has 1 rings (SSSR count). The van der Waals surface area contributed by atoms with Gasteiger partial charge in [0.2, 0.25) is 15.9 Å². The average molecular weight is 399 g/mol. The van der Waals surface area contributed by atoms with E-state index in [1.54, 1.807) is 11.8 Å². The third kappa shape index (κ3) is 9.99. The first-order valence-electron chi connectivity index (χ1n) is 9.00. The number of amides is 1. The minimum atomic E-state index is -3.69. The lowest BCUT2D eigenvalue weighted by Crippen LogP contribution is -2.46. The number of sulfonamides is 1. The number of hydrogen-bond acceptors (Lipinski definition) is 4. The molecule has 0 saturated heterocycles. The number of carbonyl (C=O) groups is 1.